The van der Waals surface area contributed by atoms with E-state index in [4.69, 9.17) is 0 Å². The number of likely N-dealkylation sites (tertiary alicyclic amines) is 1. The average molecular weight is 435 g/mol. The summed E-state index contributed by atoms with van der Waals surface area (Å²) in [6.07, 6.45) is 3.16. The van der Waals surface area contributed by atoms with Crippen LogP contribution < -0.4 is 10.0 Å². The zero-order valence-electron chi connectivity index (χ0n) is 17.5. The number of pyridine rings is 1. The lowest BCUT2D eigenvalue weighted by Gasteiger charge is -2.41. The molecule has 2 amide bonds. The highest BCUT2D eigenvalue weighted by Crippen LogP contribution is 2.35. The van der Waals surface area contributed by atoms with E-state index in [9.17, 15) is 17.6 Å². The Kier molecular flexibility index (Phi) is 6.42. The number of benzene rings is 1. The van der Waals surface area contributed by atoms with Crippen molar-refractivity contribution in [1.29, 1.82) is 0 Å². The van der Waals surface area contributed by atoms with Gasteiger partial charge < -0.3 is 5.32 Å². The van der Waals surface area contributed by atoms with Crippen molar-refractivity contribution < 1.29 is 17.6 Å². The smallest absolute Gasteiger partial charge is 0.306 e. The molecule has 2 aromatic rings. The molecule has 1 fully saturated rings. The fraction of sp³-hybridized carbons (Fsp3) is 0.429. The Morgan fingerprint density at radius 3 is 2.50 bits per heavy atom. The van der Waals surface area contributed by atoms with Crippen LogP contribution in [0.3, 0.4) is 0 Å². The normalized spacial score (nSPS) is 15.3. The summed E-state index contributed by atoms with van der Waals surface area (Å²) >= 11 is 0. The number of carbonyl (C=O) groups excluding carboxylic acids is 1. The van der Waals surface area contributed by atoms with Crippen molar-refractivity contribution in [3.05, 3.63) is 48.0 Å². The predicted octanol–water partition coefficient (Wildman–Crippen LogP) is 3.56. The molecule has 1 aromatic heterocycles. The second kappa shape index (κ2) is 8.69. The summed E-state index contributed by atoms with van der Waals surface area (Å²) in [5.41, 5.74) is 1.98. The molecule has 0 aliphatic carbocycles. The third-order valence-electron chi connectivity index (χ3n) is 5.25. The summed E-state index contributed by atoms with van der Waals surface area (Å²) in [6.45, 7) is 8.49. The lowest BCUT2D eigenvalue weighted by molar-refractivity contribution is 0.141. The molecular weight excluding hydrogens is 407 g/mol. The van der Waals surface area contributed by atoms with E-state index in [-0.39, 0.29) is 12.0 Å². The number of urea groups is 1. The number of anilines is 1. The van der Waals surface area contributed by atoms with Gasteiger partial charge in [0.2, 0.25) is 10.0 Å². The Bertz CT molecular complexity index is 1020. The van der Waals surface area contributed by atoms with Gasteiger partial charge in [-0.15, -0.1) is 0 Å². The third-order valence-corrected chi connectivity index (χ3v) is 6.89. The van der Waals surface area contributed by atoms with Gasteiger partial charge >= 0.3 is 6.03 Å². The maximum atomic E-state index is 14.3. The highest BCUT2D eigenvalue weighted by atomic mass is 32.2. The van der Waals surface area contributed by atoms with Gasteiger partial charge in [0.05, 0.1) is 5.69 Å². The quantitative estimate of drug-likeness (QED) is 0.725. The highest BCUT2D eigenvalue weighted by Gasteiger charge is 2.39. The molecule has 1 aliphatic heterocycles. The van der Waals surface area contributed by atoms with E-state index in [1.807, 2.05) is 32.6 Å². The van der Waals surface area contributed by atoms with Crippen LogP contribution in [0.4, 0.5) is 14.9 Å². The van der Waals surface area contributed by atoms with Gasteiger partial charge in [-0.2, -0.15) is 0 Å². The van der Waals surface area contributed by atoms with Crippen molar-refractivity contribution in [2.24, 2.45) is 0 Å². The Balaban J connectivity index is 1.86. The van der Waals surface area contributed by atoms with Crippen molar-refractivity contribution in [2.75, 3.05) is 18.4 Å². The monoisotopic (exact) mass is 434 g/mol. The van der Waals surface area contributed by atoms with Gasteiger partial charge in [-0.3, -0.25) is 9.88 Å². The molecule has 30 heavy (non-hydrogen) atoms. The highest BCUT2D eigenvalue weighted by molar-refractivity contribution is 7.90. The van der Waals surface area contributed by atoms with Crippen LogP contribution >= 0.6 is 0 Å². The van der Waals surface area contributed by atoms with Crippen LogP contribution in [0, 0.1) is 5.82 Å². The third kappa shape index (κ3) is 4.79. The Morgan fingerprint density at radius 2 is 1.93 bits per heavy atom. The van der Waals surface area contributed by atoms with E-state index in [0.29, 0.717) is 35.5 Å². The molecule has 0 unspecified atom stereocenters. The number of hydrogen-bond acceptors (Lipinski definition) is 5. The average Bonchev–Trinajstić information content (AvgIpc) is 2.60. The lowest BCUT2D eigenvalue weighted by Crippen LogP contribution is -2.60. The molecule has 162 valence electrons. The SMILES string of the molecule is CC(C)c1cc(F)cc(-c2cccnc2)c1NC(=O)NS(=O)(=O)C1CN(C(C)C)C1. The topological polar surface area (TPSA) is 91.4 Å². The molecule has 2 N–H and O–H groups in total. The zero-order valence-corrected chi connectivity index (χ0v) is 18.3. The number of aromatic nitrogens is 1. The molecule has 2 heterocycles. The number of carbonyl (C=O) groups is 1. The summed E-state index contributed by atoms with van der Waals surface area (Å²) in [5, 5.41) is 2.00. The van der Waals surface area contributed by atoms with Crippen LogP contribution in [0.1, 0.15) is 39.2 Å². The molecule has 0 saturated carbocycles. The molecule has 0 atom stereocenters. The number of halogens is 1. The van der Waals surface area contributed by atoms with Crippen molar-refractivity contribution in [2.45, 2.75) is 44.9 Å². The first-order valence-corrected chi connectivity index (χ1v) is 11.4. The molecule has 1 saturated heterocycles. The minimum absolute atomic E-state index is 0.103. The number of sulfonamides is 1. The molecule has 0 spiro atoms. The first-order chi connectivity index (χ1) is 14.1. The second-order valence-corrected chi connectivity index (χ2v) is 10.0. The van der Waals surface area contributed by atoms with Gasteiger partial charge in [-0.1, -0.05) is 19.9 Å². The number of hydrogen-bond donors (Lipinski definition) is 2. The summed E-state index contributed by atoms with van der Waals surface area (Å²) in [4.78, 5) is 18.7. The maximum absolute atomic E-state index is 14.3. The molecule has 3 rings (SSSR count). The lowest BCUT2D eigenvalue weighted by atomic mass is 9.94. The van der Waals surface area contributed by atoms with Crippen LogP contribution in [0.5, 0.6) is 0 Å². The van der Waals surface area contributed by atoms with Crippen LogP contribution in [-0.2, 0) is 10.0 Å². The molecule has 1 aromatic carbocycles. The molecule has 9 heteroatoms. The van der Waals surface area contributed by atoms with E-state index >= 15 is 0 Å². The van der Waals surface area contributed by atoms with E-state index in [2.05, 4.69) is 15.0 Å². The van der Waals surface area contributed by atoms with Gasteiger partial charge in [0.1, 0.15) is 11.1 Å². The van der Waals surface area contributed by atoms with Crippen LogP contribution in [0.15, 0.2) is 36.7 Å². The summed E-state index contributed by atoms with van der Waals surface area (Å²) in [5.74, 6) is -0.548. The van der Waals surface area contributed by atoms with Crippen molar-refractivity contribution >= 4 is 21.7 Å². The van der Waals surface area contributed by atoms with Crippen molar-refractivity contribution in [3.8, 4) is 11.1 Å². The Morgan fingerprint density at radius 1 is 1.23 bits per heavy atom. The van der Waals surface area contributed by atoms with Crippen LogP contribution in [0.25, 0.3) is 11.1 Å². The zero-order chi connectivity index (χ0) is 22.1. The fourth-order valence-corrected chi connectivity index (χ4v) is 4.66. The summed E-state index contributed by atoms with van der Waals surface area (Å²) < 4.78 is 41.5. The number of nitrogens with one attached hydrogen (secondary N) is 2. The molecular formula is C21H27FN4O3S. The standard InChI is InChI=1S/C21H27FN4O3S/c1-13(2)18-8-16(22)9-19(15-6-5-7-23-10-15)20(18)24-21(27)25-30(28,29)17-11-26(12-17)14(3)4/h5-10,13-14,17H,11-12H2,1-4H3,(H2,24,25,27). The van der Waals surface area contributed by atoms with E-state index in [0.717, 1.165) is 0 Å². The van der Waals surface area contributed by atoms with Gasteiger partial charge in [-0.05, 0) is 43.5 Å². The first-order valence-electron chi connectivity index (χ1n) is 9.89. The largest absolute Gasteiger partial charge is 0.332 e. The van der Waals surface area contributed by atoms with E-state index < -0.39 is 27.1 Å². The molecule has 0 radical (unpaired) electrons. The second-order valence-electron chi connectivity index (χ2n) is 8.08. The van der Waals surface area contributed by atoms with E-state index in [1.54, 1.807) is 24.5 Å². The van der Waals surface area contributed by atoms with Gasteiger partial charge in [0, 0.05) is 42.7 Å². The van der Waals surface area contributed by atoms with Gasteiger partial charge in [-0.25, -0.2) is 22.3 Å². The number of amides is 2. The van der Waals surface area contributed by atoms with Crippen LogP contribution in [0.2, 0.25) is 0 Å². The Hall–Kier alpha value is -2.52. The van der Waals surface area contributed by atoms with Crippen molar-refractivity contribution in [1.82, 2.24) is 14.6 Å². The number of rotatable bonds is 6. The minimum atomic E-state index is -3.82. The first kappa shape index (κ1) is 22.2. The number of nitrogens with zero attached hydrogens (tertiary/aromatic N) is 2. The summed E-state index contributed by atoms with van der Waals surface area (Å²) in [6, 6.07) is 5.50. The minimum Gasteiger partial charge on any atom is -0.306 e. The van der Waals surface area contributed by atoms with Crippen molar-refractivity contribution in [3.63, 3.8) is 0 Å². The van der Waals surface area contributed by atoms with Gasteiger partial charge in [0.15, 0.2) is 0 Å². The van der Waals surface area contributed by atoms with Gasteiger partial charge in [0.25, 0.3) is 0 Å². The maximum Gasteiger partial charge on any atom is 0.332 e. The molecule has 0 bridgehead atoms. The van der Waals surface area contributed by atoms with Crippen LogP contribution in [-0.4, -0.2) is 48.7 Å². The molecule has 7 nitrogen and oxygen atoms in total. The fourth-order valence-electron chi connectivity index (χ4n) is 3.41. The van der Waals surface area contributed by atoms with E-state index in [1.165, 1.54) is 12.1 Å². The predicted molar refractivity (Wildman–Crippen MR) is 115 cm³/mol. The summed E-state index contributed by atoms with van der Waals surface area (Å²) in [7, 11) is -3.82. The molecule has 1 aliphatic rings. The Labute approximate surface area is 176 Å².